The molecule has 0 aromatic carbocycles. The highest BCUT2D eigenvalue weighted by Crippen LogP contribution is 2.37. The van der Waals surface area contributed by atoms with Crippen LogP contribution in [-0.4, -0.2) is 47.6 Å². The molecule has 0 radical (unpaired) electrons. The molecule has 0 aromatic rings. The van der Waals surface area contributed by atoms with Crippen molar-refractivity contribution in [2.75, 3.05) is 19.6 Å². The van der Waals surface area contributed by atoms with Crippen LogP contribution in [-0.2, 0) is 9.59 Å². The summed E-state index contributed by atoms with van der Waals surface area (Å²) in [5.74, 6) is -0.926. The molecule has 1 atom stereocenters. The van der Waals surface area contributed by atoms with Crippen LogP contribution in [0.15, 0.2) is 0 Å². The van der Waals surface area contributed by atoms with E-state index in [4.69, 9.17) is 0 Å². The van der Waals surface area contributed by atoms with Crippen LogP contribution in [0, 0.1) is 11.3 Å². The number of nitrogens with one attached hydrogen (secondary N) is 1. The lowest BCUT2D eigenvalue weighted by Gasteiger charge is -2.38. The van der Waals surface area contributed by atoms with Crippen LogP contribution in [0.5, 0.6) is 0 Å². The van der Waals surface area contributed by atoms with E-state index in [-0.39, 0.29) is 17.2 Å². The molecule has 2 saturated heterocycles. The zero-order valence-corrected chi connectivity index (χ0v) is 9.69. The molecule has 5 nitrogen and oxygen atoms in total. The predicted octanol–water partition coefficient (Wildman–Crippen LogP) is -0.0825. The molecule has 0 aromatic heterocycles. The van der Waals surface area contributed by atoms with E-state index in [0.717, 1.165) is 6.42 Å². The summed E-state index contributed by atoms with van der Waals surface area (Å²) >= 11 is 0. The first-order valence-corrected chi connectivity index (χ1v) is 5.72. The molecule has 0 unspecified atom stereocenters. The first kappa shape index (κ1) is 11.4. The minimum atomic E-state index is -0.896. The number of rotatable bonds is 3. The molecule has 5 heteroatoms. The summed E-state index contributed by atoms with van der Waals surface area (Å²) in [4.78, 5) is 24.9. The number of likely N-dealkylation sites (tertiary alicyclic amines) is 1. The number of carbonyl (C=O) groups is 2. The van der Waals surface area contributed by atoms with Crippen molar-refractivity contribution in [3.8, 4) is 0 Å². The Hall–Kier alpha value is -1.10. The Morgan fingerprint density at radius 3 is 2.44 bits per heavy atom. The van der Waals surface area contributed by atoms with Crippen molar-refractivity contribution in [2.24, 2.45) is 11.3 Å². The van der Waals surface area contributed by atoms with Crippen molar-refractivity contribution in [3.63, 3.8) is 0 Å². The number of hydrogen-bond donors (Lipinski definition) is 2. The van der Waals surface area contributed by atoms with Crippen LogP contribution in [0.3, 0.4) is 0 Å². The fraction of sp³-hybridized carbons (Fsp3) is 0.818. The molecular formula is C11H18N2O3. The lowest BCUT2D eigenvalue weighted by Crippen LogP contribution is -2.59. The summed E-state index contributed by atoms with van der Waals surface area (Å²) in [6.45, 7) is 5.67. The summed E-state index contributed by atoms with van der Waals surface area (Å²) in [7, 11) is 0. The van der Waals surface area contributed by atoms with Crippen molar-refractivity contribution in [2.45, 2.75) is 26.3 Å². The molecule has 1 amide bonds. The van der Waals surface area contributed by atoms with Crippen molar-refractivity contribution < 1.29 is 14.7 Å². The van der Waals surface area contributed by atoms with Gasteiger partial charge in [0.15, 0.2) is 0 Å². The fourth-order valence-electron chi connectivity index (χ4n) is 2.65. The second kappa shape index (κ2) is 3.73. The van der Waals surface area contributed by atoms with Crippen molar-refractivity contribution in [1.29, 1.82) is 0 Å². The van der Waals surface area contributed by atoms with Crippen molar-refractivity contribution in [3.05, 3.63) is 0 Å². The third kappa shape index (κ3) is 1.50. The second-order valence-corrected chi connectivity index (χ2v) is 5.16. The molecule has 2 aliphatic rings. The highest BCUT2D eigenvalue weighted by atomic mass is 16.4. The van der Waals surface area contributed by atoms with E-state index in [0.29, 0.717) is 19.6 Å². The van der Waals surface area contributed by atoms with Gasteiger partial charge in [-0.1, -0.05) is 13.8 Å². The maximum atomic E-state index is 12.2. The molecule has 2 N–H and O–H groups in total. The lowest BCUT2D eigenvalue weighted by atomic mass is 9.80. The van der Waals surface area contributed by atoms with Gasteiger partial charge in [-0.05, 0) is 12.3 Å². The predicted molar refractivity (Wildman–Crippen MR) is 57.9 cm³/mol. The van der Waals surface area contributed by atoms with Crippen LogP contribution < -0.4 is 5.32 Å². The number of carboxylic acid groups (broad SMARTS) is 1. The SMILES string of the molecule is CC(C)[C@@H](C(=O)O)N1CCC2(CNC2)C1=O. The van der Waals surface area contributed by atoms with Gasteiger partial charge in [-0.15, -0.1) is 0 Å². The minimum Gasteiger partial charge on any atom is -0.480 e. The van der Waals surface area contributed by atoms with Gasteiger partial charge in [0.1, 0.15) is 6.04 Å². The van der Waals surface area contributed by atoms with E-state index < -0.39 is 12.0 Å². The van der Waals surface area contributed by atoms with Crippen LogP contribution in [0.25, 0.3) is 0 Å². The summed E-state index contributed by atoms with van der Waals surface area (Å²) in [5.41, 5.74) is -0.289. The maximum absolute atomic E-state index is 12.2. The first-order chi connectivity index (χ1) is 7.48. The number of hydrogen-bond acceptors (Lipinski definition) is 3. The Kier molecular flexibility index (Phi) is 2.66. The molecule has 16 heavy (non-hydrogen) atoms. The van der Waals surface area contributed by atoms with Gasteiger partial charge in [-0.2, -0.15) is 0 Å². The van der Waals surface area contributed by atoms with E-state index in [9.17, 15) is 14.7 Å². The topological polar surface area (TPSA) is 69.6 Å². The molecule has 0 saturated carbocycles. The molecule has 0 aliphatic carbocycles. The minimum absolute atomic E-state index is 0.0207. The summed E-state index contributed by atoms with van der Waals surface area (Å²) in [6, 6.07) is -0.674. The second-order valence-electron chi connectivity index (χ2n) is 5.16. The van der Waals surface area contributed by atoms with Gasteiger partial charge in [-0.3, -0.25) is 4.79 Å². The number of nitrogens with zero attached hydrogens (tertiary/aromatic N) is 1. The number of carbonyl (C=O) groups excluding carboxylic acids is 1. The molecule has 2 fully saturated rings. The standard InChI is InChI=1S/C11H18N2O3/c1-7(2)8(9(14)15)13-4-3-11(10(13)16)5-12-6-11/h7-8,12H,3-6H2,1-2H3,(H,14,15)/t8-/m0/s1. The third-order valence-electron chi connectivity index (χ3n) is 3.69. The molecule has 2 aliphatic heterocycles. The molecule has 0 bridgehead atoms. The fourth-order valence-corrected chi connectivity index (χ4v) is 2.65. The molecule has 90 valence electrons. The summed E-state index contributed by atoms with van der Waals surface area (Å²) < 4.78 is 0. The summed E-state index contributed by atoms with van der Waals surface area (Å²) in [5, 5.41) is 12.3. The van der Waals surface area contributed by atoms with Gasteiger partial charge in [-0.25, -0.2) is 4.79 Å². The van der Waals surface area contributed by atoms with Crippen LogP contribution in [0.1, 0.15) is 20.3 Å². The van der Waals surface area contributed by atoms with Crippen LogP contribution >= 0.6 is 0 Å². The Balaban J connectivity index is 2.16. The molecule has 1 spiro atoms. The number of carboxylic acids is 1. The lowest BCUT2D eigenvalue weighted by molar-refractivity contribution is -0.153. The molecular weight excluding hydrogens is 208 g/mol. The highest BCUT2D eigenvalue weighted by molar-refractivity contribution is 5.90. The van der Waals surface area contributed by atoms with Gasteiger partial charge < -0.3 is 15.3 Å². The Morgan fingerprint density at radius 2 is 2.12 bits per heavy atom. The summed E-state index contributed by atoms with van der Waals surface area (Å²) in [6.07, 6.45) is 0.787. The Morgan fingerprint density at radius 1 is 1.50 bits per heavy atom. The van der Waals surface area contributed by atoms with Gasteiger partial charge in [0.05, 0.1) is 5.41 Å². The van der Waals surface area contributed by atoms with Gasteiger partial charge in [0, 0.05) is 19.6 Å². The zero-order chi connectivity index (χ0) is 11.9. The van der Waals surface area contributed by atoms with Gasteiger partial charge >= 0.3 is 5.97 Å². The van der Waals surface area contributed by atoms with E-state index >= 15 is 0 Å². The quantitative estimate of drug-likeness (QED) is 0.706. The maximum Gasteiger partial charge on any atom is 0.326 e. The molecule has 2 heterocycles. The van der Waals surface area contributed by atoms with E-state index in [1.807, 2.05) is 13.8 Å². The van der Waals surface area contributed by atoms with Crippen LogP contribution in [0.2, 0.25) is 0 Å². The average Bonchev–Trinajstić information content (AvgIpc) is 2.43. The highest BCUT2D eigenvalue weighted by Gasteiger charge is 2.53. The van der Waals surface area contributed by atoms with Crippen molar-refractivity contribution in [1.82, 2.24) is 10.2 Å². The Labute approximate surface area is 94.8 Å². The number of aliphatic carboxylic acids is 1. The Bertz CT molecular complexity index is 323. The molecule has 2 rings (SSSR count). The smallest absolute Gasteiger partial charge is 0.326 e. The van der Waals surface area contributed by atoms with E-state index in [1.165, 1.54) is 0 Å². The third-order valence-corrected chi connectivity index (χ3v) is 3.69. The monoisotopic (exact) mass is 226 g/mol. The average molecular weight is 226 g/mol. The zero-order valence-electron chi connectivity index (χ0n) is 9.69. The normalized spacial score (nSPS) is 24.9. The van der Waals surface area contributed by atoms with Crippen molar-refractivity contribution >= 4 is 11.9 Å². The van der Waals surface area contributed by atoms with Gasteiger partial charge in [0.25, 0.3) is 0 Å². The van der Waals surface area contributed by atoms with E-state index in [1.54, 1.807) is 4.90 Å². The first-order valence-electron chi connectivity index (χ1n) is 5.72. The largest absolute Gasteiger partial charge is 0.480 e. The number of amides is 1. The van der Waals surface area contributed by atoms with E-state index in [2.05, 4.69) is 5.32 Å². The van der Waals surface area contributed by atoms with Crippen LogP contribution in [0.4, 0.5) is 0 Å². The van der Waals surface area contributed by atoms with Gasteiger partial charge in [0.2, 0.25) is 5.91 Å².